The van der Waals surface area contributed by atoms with E-state index in [1.807, 2.05) is 0 Å². The minimum Gasteiger partial charge on any atom is -0.326 e. The number of benzene rings is 2. The minimum absolute atomic E-state index is 0.0272. The van der Waals surface area contributed by atoms with Gasteiger partial charge in [0.05, 0.1) is 17.0 Å². The Morgan fingerprint density at radius 3 is 2.17 bits per heavy atom. The number of hydrogen-bond acceptors (Lipinski definition) is 7. The Balaban J connectivity index is 1.84. The summed E-state index contributed by atoms with van der Waals surface area (Å²) in [5.74, 6) is -3.53. The summed E-state index contributed by atoms with van der Waals surface area (Å²) < 4.78 is 0. The van der Waals surface area contributed by atoms with Gasteiger partial charge in [-0.25, -0.2) is 9.91 Å². The highest BCUT2D eigenvalue weighted by Crippen LogP contribution is 2.27. The summed E-state index contributed by atoms with van der Waals surface area (Å²) in [6.07, 6.45) is -0.356. The van der Waals surface area contributed by atoms with Crippen LogP contribution in [0.3, 0.4) is 0 Å². The first kappa shape index (κ1) is 25.0. The van der Waals surface area contributed by atoms with Gasteiger partial charge in [-0.15, -0.1) is 0 Å². The van der Waals surface area contributed by atoms with Crippen LogP contribution in [0.5, 0.6) is 0 Å². The number of nitro groups is 1. The Bertz CT molecular complexity index is 1190. The van der Waals surface area contributed by atoms with Crippen LogP contribution in [-0.4, -0.2) is 45.5 Å². The first-order valence-corrected chi connectivity index (χ1v) is 10.6. The summed E-state index contributed by atoms with van der Waals surface area (Å²) >= 11 is 0. The SMILES string of the molecule is CC(=O)Nc1ccc(N2C(=O)CC(N(NC(=O)c3ccc([N+](=O)[O-])cc3)C(=O)C(C)C)C2=O)cc1. The average Bonchev–Trinajstić information content (AvgIpc) is 3.10. The van der Waals surface area contributed by atoms with E-state index in [1.54, 1.807) is 13.8 Å². The zero-order valence-corrected chi connectivity index (χ0v) is 19.2. The van der Waals surface area contributed by atoms with Gasteiger partial charge < -0.3 is 5.32 Å². The number of anilines is 2. The highest BCUT2D eigenvalue weighted by molar-refractivity contribution is 6.23. The molecule has 2 N–H and O–H groups in total. The zero-order chi connectivity index (χ0) is 25.9. The Morgan fingerprint density at radius 1 is 1.06 bits per heavy atom. The summed E-state index contributed by atoms with van der Waals surface area (Å²) in [5, 5.41) is 14.3. The molecule has 1 fully saturated rings. The average molecular weight is 481 g/mol. The molecule has 1 aliphatic rings. The van der Waals surface area contributed by atoms with Gasteiger partial charge in [0.1, 0.15) is 6.04 Å². The monoisotopic (exact) mass is 481 g/mol. The second-order valence-corrected chi connectivity index (χ2v) is 8.12. The molecule has 1 saturated heterocycles. The van der Waals surface area contributed by atoms with E-state index >= 15 is 0 Å². The van der Waals surface area contributed by atoms with E-state index in [1.165, 1.54) is 43.3 Å². The Morgan fingerprint density at radius 2 is 1.66 bits per heavy atom. The number of rotatable bonds is 6. The maximum absolute atomic E-state index is 13.2. The second kappa shape index (κ2) is 10.1. The van der Waals surface area contributed by atoms with Crippen molar-refractivity contribution in [3.8, 4) is 0 Å². The number of hydrazine groups is 1. The third-order valence-corrected chi connectivity index (χ3v) is 5.17. The van der Waals surface area contributed by atoms with Gasteiger partial charge in [-0.05, 0) is 36.4 Å². The fourth-order valence-electron chi connectivity index (χ4n) is 3.46. The van der Waals surface area contributed by atoms with Crippen molar-refractivity contribution in [2.75, 3.05) is 10.2 Å². The lowest BCUT2D eigenvalue weighted by molar-refractivity contribution is -0.384. The maximum atomic E-state index is 13.2. The quantitative estimate of drug-likeness (QED) is 0.363. The number of amides is 5. The van der Waals surface area contributed by atoms with Gasteiger partial charge in [0.25, 0.3) is 17.5 Å². The van der Waals surface area contributed by atoms with Crippen molar-refractivity contribution >= 4 is 46.6 Å². The van der Waals surface area contributed by atoms with Crippen LogP contribution in [0.2, 0.25) is 0 Å². The number of nitro benzene ring substituents is 1. The van der Waals surface area contributed by atoms with Crippen LogP contribution in [0.4, 0.5) is 17.1 Å². The molecule has 12 nitrogen and oxygen atoms in total. The molecule has 1 unspecified atom stereocenters. The molecule has 1 heterocycles. The van der Waals surface area contributed by atoms with Gasteiger partial charge >= 0.3 is 0 Å². The van der Waals surface area contributed by atoms with E-state index in [0.29, 0.717) is 5.69 Å². The highest BCUT2D eigenvalue weighted by atomic mass is 16.6. The molecule has 0 spiro atoms. The van der Waals surface area contributed by atoms with Crippen LogP contribution in [0.1, 0.15) is 37.6 Å². The Labute approximate surface area is 200 Å². The van der Waals surface area contributed by atoms with Crippen molar-refractivity contribution in [2.24, 2.45) is 5.92 Å². The van der Waals surface area contributed by atoms with Crippen LogP contribution in [0.25, 0.3) is 0 Å². The fourth-order valence-corrected chi connectivity index (χ4v) is 3.46. The molecular weight excluding hydrogens is 458 g/mol. The summed E-state index contributed by atoms with van der Waals surface area (Å²) in [4.78, 5) is 73.9. The lowest BCUT2D eigenvalue weighted by Gasteiger charge is -2.29. The molecule has 12 heteroatoms. The lowest BCUT2D eigenvalue weighted by atomic mass is 10.1. The number of nitrogens with one attached hydrogen (secondary N) is 2. The van der Waals surface area contributed by atoms with Crippen LogP contribution in [-0.2, 0) is 19.2 Å². The third-order valence-electron chi connectivity index (χ3n) is 5.17. The van der Waals surface area contributed by atoms with E-state index in [0.717, 1.165) is 22.0 Å². The number of imide groups is 1. The van der Waals surface area contributed by atoms with E-state index in [4.69, 9.17) is 0 Å². The minimum atomic E-state index is -1.28. The van der Waals surface area contributed by atoms with E-state index < -0.39 is 40.5 Å². The molecule has 2 aromatic carbocycles. The van der Waals surface area contributed by atoms with Crippen molar-refractivity contribution in [3.63, 3.8) is 0 Å². The number of nitrogens with zero attached hydrogens (tertiary/aromatic N) is 3. The predicted octanol–water partition coefficient (Wildman–Crippen LogP) is 2.01. The third kappa shape index (κ3) is 5.49. The van der Waals surface area contributed by atoms with Crippen LogP contribution >= 0.6 is 0 Å². The maximum Gasteiger partial charge on any atom is 0.269 e. The fraction of sp³-hybridized carbons (Fsp3) is 0.261. The molecular formula is C23H23N5O7. The first-order valence-electron chi connectivity index (χ1n) is 10.6. The summed E-state index contributed by atoms with van der Waals surface area (Å²) in [5.41, 5.74) is 2.92. The largest absolute Gasteiger partial charge is 0.326 e. The number of carbonyl (C=O) groups excluding carboxylic acids is 5. The molecule has 0 saturated carbocycles. The number of carbonyl (C=O) groups is 5. The molecule has 0 radical (unpaired) electrons. The van der Waals surface area contributed by atoms with Crippen molar-refractivity contribution in [3.05, 3.63) is 64.2 Å². The van der Waals surface area contributed by atoms with Crippen LogP contribution in [0, 0.1) is 16.0 Å². The van der Waals surface area contributed by atoms with Crippen LogP contribution in [0.15, 0.2) is 48.5 Å². The summed E-state index contributed by atoms with van der Waals surface area (Å²) in [6.45, 7) is 4.50. The summed E-state index contributed by atoms with van der Waals surface area (Å²) in [6, 6.07) is 9.44. The van der Waals surface area contributed by atoms with Crippen molar-refractivity contribution < 1.29 is 28.9 Å². The molecule has 1 atom stereocenters. The van der Waals surface area contributed by atoms with Crippen molar-refractivity contribution in [1.82, 2.24) is 10.4 Å². The first-order chi connectivity index (χ1) is 16.5. The Hall–Kier alpha value is -4.61. The standard InChI is InChI=1S/C23H23N5O7/c1-13(2)22(32)27(25-21(31)15-4-8-18(9-5-15)28(34)35)19-12-20(30)26(23(19)33)17-10-6-16(7-11-17)24-14(3)29/h4-11,13,19H,12H2,1-3H3,(H,24,29)(H,25,31). The predicted molar refractivity (Wildman–Crippen MR) is 124 cm³/mol. The molecule has 2 aromatic rings. The molecule has 182 valence electrons. The van der Waals surface area contributed by atoms with E-state index in [2.05, 4.69) is 10.7 Å². The zero-order valence-electron chi connectivity index (χ0n) is 19.2. The van der Waals surface area contributed by atoms with Gasteiger partial charge in [0, 0.05) is 36.2 Å². The van der Waals surface area contributed by atoms with Crippen LogP contribution < -0.4 is 15.6 Å². The molecule has 0 aliphatic carbocycles. The molecule has 0 bridgehead atoms. The second-order valence-electron chi connectivity index (χ2n) is 8.12. The van der Waals surface area contributed by atoms with E-state index in [-0.39, 0.29) is 29.3 Å². The molecule has 0 aromatic heterocycles. The molecule has 1 aliphatic heterocycles. The van der Waals surface area contributed by atoms with Gasteiger partial charge in [-0.1, -0.05) is 13.8 Å². The smallest absolute Gasteiger partial charge is 0.269 e. The number of non-ortho nitro benzene ring substituents is 1. The lowest BCUT2D eigenvalue weighted by Crippen LogP contribution is -2.55. The summed E-state index contributed by atoms with van der Waals surface area (Å²) in [7, 11) is 0. The number of hydrogen-bond donors (Lipinski definition) is 2. The molecule has 35 heavy (non-hydrogen) atoms. The van der Waals surface area contributed by atoms with Crippen molar-refractivity contribution in [2.45, 2.75) is 33.2 Å². The molecule has 3 rings (SSSR count). The van der Waals surface area contributed by atoms with Gasteiger partial charge in [0.15, 0.2) is 0 Å². The van der Waals surface area contributed by atoms with Gasteiger partial charge in [0.2, 0.25) is 17.7 Å². The van der Waals surface area contributed by atoms with Crippen molar-refractivity contribution in [1.29, 1.82) is 0 Å². The highest BCUT2D eigenvalue weighted by Gasteiger charge is 2.45. The topological polar surface area (TPSA) is 159 Å². The normalized spacial score (nSPS) is 15.2. The van der Waals surface area contributed by atoms with Gasteiger partial charge in [-0.2, -0.15) is 0 Å². The van der Waals surface area contributed by atoms with Gasteiger partial charge in [-0.3, -0.25) is 39.5 Å². The molecule has 5 amide bonds. The Kier molecular flexibility index (Phi) is 7.23. The van der Waals surface area contributed by atoms with E-state index in [9.17, 15) is 34.1 Å².